The summed E-state index contributed by atoms with van der Waals surface area (Å²) in [4.78, 5) is 17.2. The molecular formula is C27H34N6O3. The lowest BCUT2D eigenvalue weighted by atomic mass is 9.89. The first-order chi connectivity index (χ1) is 17.2. The van der Waals surface area contributed by atoms with E-state index in [-0.39, 0.29) is 35.3 Å². The van der Waals surface area contributed by atoms with Gasteiger partial charge in [-0.3, -0.25) is 25.9 Å². The minimum Gasteiger partial charge on any atom is -0.508 e. The number of phenols is 1. The zero-order chi connectivity index (χ0) is 26.2. The molecule has 0 aromatic heterocycles. The molecule has 1 saturated carbocycles. The van der Waals surface area contributed by atoms with Crippen LogP contribution in [0.1, 0.15) is 48.5 Å². The van der Waals surface area contributed by atoms with Crippen molar-refractivity contribution in [2.75, 3.05) is 19.4 Å². The van der Waals surface area contributed by atoms with E-state index in [2.05, 4.69) is 24.3 Å². The fourth-order valence-electron chi connectivity index (χ4n) is 4.34. The molecule has 9 heteroatoms. The molecule has 0 heterocycles. The van der Waals surface area contributed by atoms with Crippen LogP contribution < -0.4 is 5.32 Å². The number of phenolic OH excluding ortho intramolecular Hbond substituents is 1. The van der Waals surface area contributed by atoms with Crippen molar-refractivity contribution in [2.45, 2.75) is 44.7 Å². The Hall–Kier alpha value is -3.98. The van der Waals surface area contributed by atoms with Crippen LogP contribution in [0.3, 0.4) is 0 Å². The van der Waals surface area contributed by atoms with E-state index in [0.29, 0.717) is 22.9 Å². The van der Waals surface area contributed by atoms with Crippen LogP contribution in [-0.4, -0.2) is 64.6 Å². The van der Waals surface area contributed by atoms with E-state index in [0.717, 1.165) is 25.7 Å². The molecule has 2 aromatic carbocycles. The summed E-state index contributed by atoms with van der Waals surface area (Å²) in [6.07, 6.45) is 6.57. The van der Waals surface area contributed by atoms with Crippen LogP contribution in [-0.2, 0) is 4.74 Å². The van der Waals surface area contributed by atoms with Gasteiger partial charge in [-0.1, -0.05) is 12.1 Å². The Morgan fingerprint density at radius 2 is 1.64 bits per heavy atom. The van der Waals surface area contributed by atoms with Gasteiger partial charge >= 0.3 is 0 Å². The average molecular weight is 491 g/mol. The number of hydrogen-bond acceptors (Lipinski definition) is 8. The zero-order valence-corrected chi connectivity index (χ0v) is 20.9. The Balaban J connectivity index is 1.76. The topological polar surface area (TPSA) is 137 Å². The maximum atomic E-state index is 13.4. The third kappa shape index (κ3) is 7.02. The molecule has 0 unspecified atom stereocenters. The van der Waals surface area contributed by atoms with E-state index >= 15 is 0 Å². The third-order valence-corrected chi connectivity index (χ3v) is 6.20. The highest BCUT2D eigenvalue weighted by Crippen LogP contribution is 2.27. The molecular weight excluding hydrogens is 456 g/mol. The van der Waals surface area contributed by atoms with Gasteiger partial charge in [-0.25, -0.2) is 0 Å². The Bertz CT molecular complexity index is 1150. The molecule has 0 atom stereocenters. The molecule has 1 fully saturated rings. The lowest BCUT2D eigenvalue weighted by molar-refractivity contribution is 0.0747. The van der Waals surface area contributed by atoms with Crippen LogP contribution in [0.5, 0.6) is 5.75 Å². The predicted molar refractivity (Wildman–Crippen MR) is 142 cm³/mol. The standard InChI is InChI=1S/C27H34N6O3/c1-18(28)36-26(30)19-6-4-8-21(16-19)31-15-14-25(29)33(23-12-10-22(11-13-23)32(2)3)27(35)20-7-5-9-24(34)17-20/h4-9,14-17,22-23,28-31,34H,10-13H2,1-3H3/b15-14-,28-18?,29-25?,30-26?/t22-,23-. The second kappa shape index (κ2) is 12.1. The molecule has 0 saturated heterocycles. The number of rotatable bonds is 7. The summed E-state index contributed by atoms with van der Waals surface area (Å²) in [6.45, 7) is 1.46. The highest BCUT2D eigenvalue weighted by molar-refractivity contribution is 6.09. The van der Waals surface area contributed by atoms with E-state index in [1.165, 1.54) is 30.0 Å². The summed E-state index contributed by atoms with van der Waals surface area (Å²) in [5.41, 5.74) is 1.52. The Labute approximate surface area is 211 Å². The van der Waals surface area contributed by atoms with Crippen molar-refractivity contribution in [3.63, 3.8) is 0 Å². The van der Waals surface area contributed by atoms with Gasteiger partial charge in [-0.05, 0) is 82.3 Å². The highest BCUT2D eigenvalue weighted by Gasteiger charge is 2.32. The lowest BCUT2D eigenvalue weighted by Crippen LogP contribution is -2.47. The number of carbonyl (C=O) groups excluding carboxylic acids is 1. The van der Waals surface area contributed by atoms with Crippen LogP contribution in [0.25, 0.3) is 0 Å². The number of hydrogen-bond donors (Lipinski definition) is 5. The molecule has 2 aromatic rings. The molecule has 5 N–H and O–H groups in total. The number of nitrogens with zero attached hydrogens (tertiary/aromatic N) is 2. The molecule has 36 heavy (non-hydrogen) atoms. The number of aromatic hydroxyl groups is 1. The molecule has 3 rings (SSSR count). The first-order valence-electron chi connectivity index (χ1n) is 11.9. The van der Waals surface area contributed by atoms with E-state index in [4.69, 9.17) is 21.0 Å². The number of amidine groups is 1. The van der Waals surface area contributed by atoms with Crippen molar-refractivity contribution in [3.8, 4) is 5.75 Å². The van der Waals surface area contributed by atoms with Gasteiger partial charge in [0.1, 0.15) is 11.6 Å². The first-order valence-corrected chi connectivity index (χ1v) is 11.9. The number of nitrogens with one attached hydrogen (secondary N) is 4. The molecule has 1 aliphatic carbocycles. The lowest BCUT2D eigenvalue weighted by Gasteiger charge is -2.38. The smallest absolute Gasteiger partial charge is 0.259 e. The monoisotopic (exact) mass is 490 g/mol. The molecule has 1 amide bonds. The van der Waals surface area contributed by atoms with Gasteiger partial charge in [0, 0.05) is 42.0 Å². The average Bonchev–Trinajstić information content (AvgIpc) is 2.84. The molecule has 190 valence electrons. The van der Waals surface area contributed by atoms with Crippen LogP contribution in [0.15, 0.2) is 60.8 Å². The van der Waals surface area contributed by atoms with Crippen molar-refractivity contribution >= 4 is 29.2 Å². The fourth-order valence-corrected chi connectivity index (χ4v) is 4.34. The number of benzene rings is 2. The summed E-state index contributed by atoms with van der Waals surface area (Å²) in [5.74, 6) is -0.449. The van der Waals surface area contributed by atoms with Crippen molar-refractivity contribution in [1.29, 1.82) is 16.2 Å². The quantitative estimate of drug-likeness (QED) is 0.284. The van der Waals surface area contributed by atoms with E-state index in [9.17, 15) is 9.90 Å². The molecule has 0 bridgehead atoms. The SMILES string of the molecule is CC(=N)OC(=N)c1cccc(N/C=C\C(=N)N(C(=O)c2cccc(O)c2)[C@H]2CC[C@H](N(C)C)CC2)c1. The first kappa shape index (κ1) is 26.6. The van der Waals surface area contributed by atoms with Gasteiger partial charge in [0.05, 0.1) is 0 Å². The minimum absolute atomic E-state index is 0.00787. The number of amides is 1. The maximum absolute atomic E-state index is 13.4. The molecule has 0 aliphatic heterocycles. The van der Waals surface area contributed by atoms with Gasteiger partial charge in [0.2, 0.25) is 5.90 Å². The van der Waals surface area contributed by atoms with Crippen molar-refractivity contribution in [2.24, 2.45) is 0 Å². The maximum Gasteiger partial charge on any atom is 0.259 e. The van der Waals surface area contributed by atoms with E-state index in [1.807, 2.05) is 0 Å². The van der Waals surface area contributed by atoms with Gasteiger partial charge < -0.3 is 20.1 Å². The van der Waals surface area contributed by atoms with E-state index in [1.54, 1.807) is 42.6 Å². The van der Waals surface area contributed by atoms with Crippen LogP contribution in [0, 0.1) is 16.2 Å². The second-order valence-corrected chi connectivity index (χ2v) is 9.08. The molecule has 0 radical (unpaired) electrons. The normalized spacial score (nSPS) is 17.6. The molecule has 1 aliphatic rings. The summed E-state index contributed by atoms with van der Waals surface area (Å²) in [7, 11) is 4.12. The summed E-state index contributed by atoms with van der Waals surface area (Å²) < 4.78 is 5.05. The zero-order valence-electron chi connectivity index (χ0n) is 20.9. The van der Waals surface area contributed by atoms with E-state index < -0.39 is 0 Å². The summed E-state index contributed by atoms with van der Waals surface area (Å²) in [6, 6.07) is 13.5. The summed E-state index contributed by atoms with van der Waals surface area (Å²) >= 11 is 0. The van der Waals surface area contributed by atoms with Crippen LogP contribution in [0.2, 0.25) is 0 Å². The van der Waals surface area contributed by atoms with Crippen molar-refractivity contribution in [1.82, 2.24) is 9.80 Å². The molecule has 0 spiro atoms. The third-order valence-electron chi connectivity index (χ3n) is 6.20. The largest absolute Gasteiger partial charge is 0.508 e. The van der Waals surface area contributed by atoms with Gasteiger partial charge in [-0.2, -0.15) is 0 Å². The Morgan fingerprint density at radius 1 is 1.00 bits per heavy atom. The minimum atomic E-state index is -0.316. The highest BCUT2D eigenvalue weighted by atomic mass is 16.5. The van der Waals surface area contributed by atoms with Gasteiger partial charge in [0.15, 0.2) is 5.90 Å². The van der Waals surface area contributed by atoms with Crippen molar-refractivity contribution in [3.05, 3.63) is 71.9 Å². The number of ether oxygens (including phenoxy) is 1. The Kier molecular flexibility index (Phi) is 8.97. The van der Waals surface area contributed by atoms with Crippen LogP contribution in [0.4, 0.5) is 5.69 Å². The second-order valence-electron chi connectivity index (χ2n) is 9.08. The number of anilines is 1. The Morgan fingerprint density at radius 3 is 2.28 bits per heavy atom. The summed E-state index contributed by atoms with van der Waals surface area (Å²) in [5, 5.41) is 37.0. The van der Waals surface area contributed by atoms with Crippen molar-refractivity contribution < 1.29 is 14.6 Å². The van der Waals surface area contributed by atoms with Gasteiger partial charge in [-0.15, -0.1) is 0 Å². The van der Waals surface area contributed by atoms with Crippen LogP contribution >= 0.6 is 0 Å². The molecule has 9 nitrogen and oxygen atoms in total. The number of carbonyl (C=O) groups is 1. The van der Waals surface area contributed by atoms with Gasteiger partial charge in [0.25, 0.3) is 5.91 Å². The predicted octanol–water partition coefficient (Wildman–Crippen LogP) is 4.65. The fraction of sp³-hybridized carbons (Fsp3) is 0.333.